The first-order chi connectivity index (χ1) is 13.1. The average molecular weight is 379 g/mol. The Morgan fingerprint density at radius 3 is 2.48 bits per heavy atom. The van der Waals surface area contributed by atoms with Crippen molar-refractivity contribution in [2.24, 2.45) is 5.10 Å². The lowest BCUT2D eigenvalue weighted by Crippen LogP contribution is -2.18. The first-order valence-electron chi connectivity index (χ1n) is 8.49. The first-order valence-corrected chi connectivity index (χ1v) is 8.86. The van der Waals surface area contributed by atoms with Crippen LogP contribution in [-0.2, 0) is 6.61 Å². The van der Waals surface area contributed by atoms with E-state index >= 15 is 0 Å². The van der Waals surface area contributed by atoms with Gasteiger partial charge < -0.3 is 4.74 Å². The Balaban J connectivity index is 1.54. The van der Waals surface area contributed by atoms with Crippen LogP contribution in [0.15, 0.2) is 77.9 Å². The van der Waals surface area contributed by atoms with Gasteiger partial charge in [0.05, 0.1) is 6.21 Å². The van der Waals surface area contributed by atoms with Crippen LogP contribution in [-0.4, -0.2) is 12.1 Å². The van der Waals surface area contributed by atoms with Gasteiger partial charge in [0, 0.05) is 16.1 Å². The molecule has 3 rings (SSSR count). The molecule has 1 amide bonds. The van der Waals surface area contributed by atoms with Crippen LogP contribution < -0.4 is 10.2 Å². The van der Waals surface area contributed by atoms with Crippen molar-refractivity contribution in [1.29, 1.82) is 0 Å². The summed E-state index contributed by atoms with van der Waals surface area (Å²) in [6.07, 6.45) is 1.59. The number of carbonyl (C=O) groups is 1. The van der Waals surface area contributed by atoms with Crippen LogP contribution in [0.4, 0.5) is 0 Å². The number of nitrogens with one attached hydrogen (secondary N) is 1. The second kappa shape index (κ2) is 9.01. The fourth-order valence-electron chi connectivity index (χ4n) is 2.48. The van der Waals surface area contributed by atoms with Gasteiger partial charge in [0.2, 0.25) is 0 Å². The molecule has 0 saturated carbocycles. The normalized spacial score (nSPS) is 10.7. The predicted octanol–water partition coefficient (Wildman–Crippen LogP) is 4.99. The van der Waals surface area contributed by atoms with E-state index in [0.29, 0.717) is 17.2 Å². The standard InChI is InChI=1S/C22H19ClN2O2/c1-16-6-2-4-8-20(16)22(26)25-24-14-17-10-12-19(13-11-17)27-15-18-7-3-5-9-21(18)23/h2-14H,15H2,1H3,(H,25,26)/b24-14+. The van der Waals surface area contributed by atoms with E-state index in [4.69, 9.17) is 16.3 Å². The number of hydrogen-bond donors (Lipinski definition) is 1. The monoisotopic (exact) mass is 378 g/mol. The van der Waals surface area contributed by atoms with Gasteiger partial charge >= 0.3 is 0 Å². The molecule has 136 valence electrons. The number of halogens is 1. The van der Waals surface area contributed by atoms with Gasteiger partial charge in [-0.2, -0.15) is 5.10 Å². The third-order valence-electron chi connectivity index (χ3n) is 4.00. The van der Waals surface area contributed by atoms with Gasteiger partial charge in [-0.25, -0.2) is 5.43 Å². The maximum atomic E-state index is 12.1. The highest BCUT2D eigenvalue weighted by molar-refractivity contribution is 6.31. The van der Waals surface area contributed by atoms with E-state index in [1.54, 1.807) is 12.3 Å². The zero-order valence-electron chi connectivity index (χ0n) is 14.9. The predicted molar refractivity (Wildman–Crippen MR) is 108 cm³/mol. The fraction of sp³-hybridized carbons (Fsp3) is 0.0909. The molecule has 3 aromatic carbocycles. The van der Waals surface area contributed by atoms with E-state index < -0.39 is 0 Å². The molecule has 0 aliphatic carbocycles. The van der Waals surface area contributed by atoms with Gasteiger partial charge in [0.25, 0.3) is 5.91 Å². The number of hydrogen-bond acceptors (Lipinski definition) is 3. The zero-order chi connectivity index (χ0) is 19.1. The molecule has 0 heterocycles. The minimum Gasteiger partial charge on any atom is -0.489 e. The summed E-state index contributed by atoms with van der Waals surface area (Å²) in [7, 11) is 0. The fourth-order valence-corrected chi connectivity index (χ4v) is 2.67. The summed E-state index contributed by atoms with van der Waals surface area (Å²) >= 11 is 6.12. The van der Waals surface area contributed by atoms with E-state index in [1.165, 1.54) is 0 Å². The summed E-state index contributed by atoms with van der Waals surface area (Å²) in [5.41, 5.74) is 5.84. The highest BCUT2D eigenvalue weighted by Gasteiger charge is 2.06. The summed E-state index contributed by atoms with van der Waals surface area (Å²) in [5.74, 6) is 0.500. The summed E-state index contributed by atoms with van der Waals surface area (Å²) in [5, 5.41) is 4.70. The topological polar surface area (TPSA) is 50.7 Å². The number of hydrazone groups is 1. The molecule has 0 unspecified atom stereocenters. The third kappa shape index (κ3) is 5.19. The van der Waals surface area contributed by atoms with Gasteiger partial charge in [-0.05, 0) is 54.4 Å². The number of nitrogens with zero attached hydrogens (tertiary/aromatic N) is 1. The summed E-state index contributed by atoms with van der Waals surface area (Å²) in [4.78, 5) is 12.1. The van der Waals surface area contributed by atoms with Crippen LogP contribution in [0.3, 0.4) is 0 Å². The SMILES string of the molecule is Cc1ccccc1C(=O)N/N=C/c1ccc(OCc2ccccc2Cl)cc1. The molecule has 0 bridgehead atoms. The Labute approximate surface area is 163 Å². The molecule has 1 N–H and O–H groups in total. The summed E-state index contributed by atoms with van der Waals surface area (Å²) in [6, 6.07) is 22.4. The van der Waals surface area contributed by atoms with E-state index in [-0.39, 0.29) is 5.91 Å². The number of amides is 1. The third-order valence-corrected chi connectivity index (χ3v) is 4.37. The molecule has 5 heteroatoms. The Morgan fingerprint density at radius 1 is 1.04 bits per heavy atom. The second-order valence-electron chi connectivity index (χ2n) is 5.96. The van der Waals surface area contributed by atoms with Crippen molar-refractivity contribution in [2.75, 3.05) is 0 Å². The van der Waals surface area contributed by atoms with Crippen LogP contribution in [0.25, 0.3) is 0 Å². The molecule has 4 nitrogen and oxygen atoms in total. The van der Waals surface area contributed by atoms with Crippen LogP contribution in [0.2, 0.25) is 5.02 Å². The second-order valence-corrected chi connectivity index (χ2v) is 6.37. The number of rotatable bonds is 6. The molecule has 0 aliphatic rings. The number of aryl methyl sites for hydroxylation is 1. The largest absolute Gasteiger partial charge is 0.489 e. The van der Waals surface area contributed by atoms with Gasteiger partial charge in [0.1, 0.15) is 12.4 Å². The van der Waals surface area contributed by atoms with Crippen molar-refractivity contribution in [1.82, 2.24) is 5.43 Å². The van der Waals surface area contributed by atoms with Crippen molar-refractivity contribution >= 4 is 23.7 Å². The van der Waals surface area contributed by atoms with Gasteiger partial charge in [-0.1, -0.05) is 48.0 Å². The maximum Gasteiger partial charge on any atom is 0.271 e. The molecule has 0 aromatic heterocycles. The average Bonchev–Trinajstić information content (AvgIpc) is 2.68. The minimum absolute atomic E-state index is 0.232. The van der Waals surface area contributed by atoms with Crippen molar-refractivity contribution in [3.8, 4) is 5.75 Å². The van der Waals surface area contributed by atoms with Gasteiger partial charge in [-0.15, -0.1) is 0 Å². The Kier molecular flexibility index (Phi) is 6.23. The molecule has 3 aromatic rings. The molecule has 27 heavy (non-hydrogen) atoms. The van der Waals surface area contributed by atoms with Crippen molar-refractivity contribution in [2.45, 2.75) is 13.5 Å². The Morgan fingerprint density at radius 2 is 1.74 bits per heavy atom. The van der Waals surface area contributed by atoms with Crippen LogP contribution in [0.5, 0.6) is 5.75 Å². The van der Waals surface area contributed by atoms with E-state index in [1.807, 2.05) is 73.7 Å². The van der Waals surface area contributed by atoms with Gasteiger partial charge in [0.15, 0.2) is 0 Å². The first kappa shape index (κ1) is 18.7. The van der Waals surface area contributed by atoms with Crippen molar-refractivity contribution in [3.05, 3.63) is 100 Å². The molecule has 0 spiro atoms. The molecular weight excluding hydrogens is 360 g/mol. The van der Waals surface area contributed by atoms with Crippen molar-refractivity contribution < 1.29 is 9.53 Å². The Hall–Kier alpha value is -3.11. The minimum atomic E-state index is -0.232. The molecule has 0 atom stereocenters. The summed E-state index contributed by atoms with van der Waals surface area (Å²) in [6.45, 7) is 2.29. The number of benzene rings is 3. The molecule has 0 saturated heterocycles. The quantitative estimate of drug-likeness (QED) is 0.485. The molecule has 0 fully saturated rings. The lowest BCUT2D eigenvalue weighted by molar-refractivity contribution is 0.0954. The molecular formula is C22H19ClN2O2. The van der Waals surface area contributed by atoms with Crippen LogP contribution in [0, 0.1) is 6.92 Å². The zero-order valence-corrected chi connectivity index (χ0v) is 15.6. The van der Waals surface area contributed by atoms with Crippen LogP contribution in [0.1, 0.15) is 27.0 Å². The van der Waals surface area contributed by atoms with E-state index in [9.17, 15) is 4.79 Å². The number of ether oxygens (including phenoxy) is 1. The lowest BCUT2D eigenvalue weighted by atomic mass is 10.1. The van der Waals surface area contributed by atoms with E-state index in [2.05, 4.69) is 10.5 Å². The van der Waals surface area contributed by atoms with Gasteiger partial charge in [-0.3, -0.25) is 4.79 Å². The number of carbonyl (C=O) groups excluding carboxylic acids is 1. The highest BCUT2D eigenvalue weighted by atomic mass is 35.5. The van der Waals surface area contributed by atoms with Crippen molar-refractivity contribution in [3.63, 3.8) is 0 Å². The Bertz CT molecular complexity index is 953. The smallest absolute Gasteiger partial charge is 0.271 e. The molecule has 0 aliphatic heterocycles. The van der Waals surface area contributed by atoms with Crippen LogP contribution >= 0.6 is 11.6 Å². The molecule has 0 radical (unpaired) electrons. The maximum absolute atomic E-state index is 12.1. The van der Waals surface area contributed by atoms with E-state index in [0.717, 1.165) is 22.4 Å². The lowest BCUT2D eigenvalue weighted by Gasteiger charge is -2.07. The highest BCUT2D eigenvalue weighted by Crippen LogP contribution is 2.18. The summed E-state index contributed by atoms with van der Waals surface area (Å²) < 4.78 is 5.74.